The minimum Gasteiger partial charge on any atom is -0.496 e. The number of benzene rings is 3. The maximum Gasteiger partial charge on any atom is 0.233 e. The molecule has 0 aromatic heterocycles. The third-order valence-corrected chi connectivity index (χ3v) is 4.22. The summed E-state index contributed by atoms with van der Waals surface area (Å²) in [6.45, 7) is -0.0652. The molecular weight excluding hydrogens is 368 g/mol. The predicted octanol–water partition coefficient (Wildman–Crippen LogP) is 5.33. The molecule has 0 unspecified atom stereocenters. The van der Waals surface area contributed by atoms with Crippen molar-refractivity contribution in [2.24, 2.45) is 5.11 Å². The van der Waals surface area contributed by atoms with Gasteiger partial charge in [0.05, 0.1) is 19.3 Å². The van der Waals surface area contributed by atoms with Crippen molar-refractivity contribution >= 4 is 11.6 Å². The number of nitrogens with zero attached hydrogens (tertiary/aromatic N) is 4. The topological polar surface area (TPSA) is 87.5 Å². The van der Waals surface area contributed by atoms with Gasteiger partial charge in [-0.3, -0.25) is 4.79 Å². The third kappa shape index (κ3) is 5.06. The summed E-state index contributed by atoms with van der Waals surface area (Å²) in [5, 5.41) is 3.43. The Morgan fingerprint density at radius 3 is 2.34 bits per heavy atom. The van der Waals surface area contributed by atoms with Gasteiger partial charge in [0.2, 0.25) is 5.91 Å². The molecule has 0 bridgehead atoms. The van der Waals surface area contributed by atoms with Gasteiger partial charge in [0.1, 0.15) is 18.0 Å². The summed E-state index contributed by atoms with van der Waals surface area (Å²) in [6, 6.07) is 24.0. The number of para-hydroxylation sites is 4. The van der Waals surface area contributed by atoms with Gasteiger partial charge in [-0.2, -0.15) is 0 Å². The maximum absolute atomic E-state index is 12.9. The standard InChI is InChI=1S/C22H20N4O3/c1-28-20-13-7-5-9-17(20)16-26(22(27)15-24-25-23)19-12-6-8-14-21(19)29-18-10-3-2-4-11-18/h2-14H,15-16H2,1H3. The van der Waals surface area contributed by atoms with Crippen LogP contribution in [0.25, 0.3) is 10.4 Å². The van der Waals surface area contributed by atoms with Gasteiger partial charge in [-0.15, -0.1) is 0 Å². The molecule has 0 heterocycles. The molecule has 0 saturated carbocycles. The molecule has 7 nitrogen and oxygen atoms in total. The van der Waals surface area contributed by atoms with Gasteiger partial charge in [0.25, 0.3) is 0 Å². The summed E-state index contributed by atoms with van der Waals surface area (Å²) in [4.78, 5) is 17.1. The Kier molecular flexibility index (Phi) is 6.71. The summed E-state index contributed by atoms with van der Waals surface area (Å²) in [6.07, 6.45) is 0. The first-order chi connectivity index (χ1) is 14.2. The highest BCUT2D eigenvalue weighted by Crippen LogP contribution is 2.34. The van der Waals surface area contributed by atoms with E-state index in [9.17, 15) is 4.79 Å². The molecule has 0 radical (unpaired) electrons. The molecule has 146 valence electrons. The molecule has 0 aliphatic heterocycles. The first-order valence-corrected chi connectivity index (χ1v) is 8.98. The van der Waals surface area contributed by atoms with Gasteiger partial charge in [0.15, 0.2) is 5.75 Å². The number of hydrogen-bond acceptors (Lipinski definition) is 4. The van der Waals surface area contributed by atoms with Crippen molar-refractivity contribution in [2.75, 3.05) is 18.6 Å². The minimum atomic E-state index is -0.349. The van der Waals surface area contributed by atoms with E-state index in [1.807, 2.05) is 66.7 Å². The quantitative estimate of drug-likeness (QED) is 0.297. The number of azide groups is 1. The Balaban J connectivity index is 2.00. The average Bonchev–Trinajstić information content (AvgIpc) is 2.77. The van der Waals surface area contributed by atoms with Crippen LogP contribution in [0.2, 0.25) is 0 Å². The second-order valence-corrected chi connectivity index (χ2v) is 6.06. The molecule has 1 amide bonds. The van der Waals surface area contributed by atoms with E-state index in [4.69, 9.17) is 15.0 Å². The third-order valence-electron chi connectivity index (χ3n) is 4.22. The van der Waals surface area contributed by atoms with Crippen molar-refractivity contribution in [2.45, 2.75) is 6.54 Å². The first-order valence-electron chi connectivity index (χ1n) is 8.98. The molecule has 3 aromatic rings. The highest BCUT2D eigenvalue weighted by molar-refractivity contribution is 5.96. The molecule has 3 rings (SSSR count). The van der Waals surface area contributed by atoms with E-state index in [0.717, 1.165) is 5.56 Å². The Morgan fingerprint density at radius 2 is 1.62 bits per heavy atom. The van der Waals surface area contributed by atoms with Crippen LogP contribution in [0.3, 0.4) is 0 Å². The van der Waals surface area contributed by atoms with Gasteiger partial charge in [-0.25, -0.2) is 0 Å². The Hall–Kier alpha value is -3.96. The van der Waals surface area contributed by atoms with Crippen molar-refractivity contribution in [1.82, 2.24) is 0 Å². The van der Waals surface area contributed by atoms with Crippen LogP contribution < -0.4 is 14.4 Å². The highest BCUT2D eigenvalue weighted by Gasteiger charge is 2.21. The normalized spacial score (nSPS) is 9.97. The van der Waals surface area contributed by atoms with E-state index >= 15 is 0 Å². The molecule has 0 fully saturated rings. The summed E-state index contributed by atoms with van der Waals surface area (Å²) in [5.74, 6) is 1.48. The molecule has 0 spiro atoms. The number of ether oxygens (including phenoxy) is 2. The second-order valence-electron chi connectivity index (χ2n) is 6.06. The van der Waals surface area contributed by atoms with Gasteiger partial charge in [0, 0.05) is 10.5 Å². The second kappa shape index (κ2) is 9.82. The Morgan fingerprint density at radius 1 is 0.966 bits per heavy atom. The molecule has 0 N–H and O–H groups in total. The number of amides is 1. The maximum atomic E-state index is 12.9. The molecular formula is C22H20N4O3. The summed E-state index contributed by atoms with van der Waals surface area (Å²) in [5.41, 5.74) is 10.0. The van der Waals surface area contributed by atoms with Crippen LogP contribution in [-0.4, -0.2) is 19.6 Å². The smallest absolute Gasteiger partial charge is 0.233 e. The van der Waals surface area contributed by atoms with Crippen molar-refractivity contribution < 1.29 is 14.3 Å². The lowest BCUT2D eigenvalue weighted by atomic mass is 10.1. The van der Waals surface area contributed by atoms with Crippen molar-refractivity contribution in [1.29, 1.82) is 0 Å². The first kappa shape index (κ1) is 19.8. The molecule has 0 aliphatic carbocycles. The zero-order chi connectivity index (χ0) is 20.5. The number of anilines is 1. The van der Waals surface area contributed by atoms with Crippen LogP contribution >= 0.6 is 0 Å². The van der Waals surface area contributed by atoms with Crippen LogP contribution in [0.4, 0.5) is 5.69 Å². The average molecular weight is 388 g/mol. The van der Waals surface area contributed by atoms with Crippen molar-refractivity contribution in [3.05, 3.63) is 94.9 Å². The lowest BCUT2D eigenvalue weighted by Crippen LogP contribution is -2.32. The van der Waals surface area contributed by atoms with Crippen LogP contribution in [0.15, 0.2) is 84.0 Å². The SMILES string of the molecule is COc1ccccc1CN(C(=O)CN=[N+]=[N-])c1ccccc1Oc1ccccc1. The monoisotopic (exact) mass is 388 g/mol. The predicted molar refractivity (Wildman–Crippen MR) is 111 cm³/mol. The fourth-order valence-electron chi connectivity index (χ4n) is 2.87. The molecule has 29 heavy (non-hydrogen) atoms. The number of methoxy groups -OCH3 is 1. The van der Waals surface area contributed by atoms with Crippen molar-refractivity contribution in [3.8, 4) is 17.2 Å². The van der Waals surface area contributed by atoms with E-state index in [-0.39, 0.29) is 19.0 Å². The number of hydrogen-bond donors (Lipinski definition) is 0. The van der Waals surface area contributed by atoms with E-state index in [0.29, 0.717) is 22.9 Å². The van der Waals surface area contributed by atoms with Crippen LogP contribution in [-0.2, 0) is 11.3 Å². The summed E-state index contributed by atoms with van der Waals surface area (Å²) < 4.78 is 11.4. The molecule has 0 saturated heterocycles. The molecule has 0 atom stereocenters. The fourth-order valence-corrected chi connectivity index (χ4v) is 2.87. The number of carbonyl (C=O) groups excluding carboxylic acids is 1. The number of carbonyl (C=O) groups is 1. The van der Waals surface area contributed by atoms with Crippen LogP contribution in [0, 0.1) is 0 Å². The molecule has 3 aromatic carbocycles. The van der Waals surface area contributed by atoms with E-state index in [1.165, 1.54) is 4.90 Å². The summed E-state index contributed by atoms with van der Waals surface area (Å²) in [7, 11) is 1.58. The molecule has 7 heteroatoms. The van der Waals surface area contributed by atoms with Crippen LogP contribution in [0.1, 0.15) is 5.56 Å². The van der Waals surface area contributed by atoms with Gasteiger partial charge < -0.3 is 14.4 Å². The highest BCUT2D eigenvalue weighted by atomic mass is 16.5. The minimum absolute atomic E-state index is 0.235. The van der Waals surface area contributed by atoms with Crippen LogP contribution in [0.5, 0.6) is 17.2 Å². The number of rotatable bonds is 8. The van der Waals surface area contributed by atoms with E-state index in [2.05, 4.69) is 10.0 Å². The van der Waals surface area contributed by atoms with Gasteiger partial charge >= 0.3 is 0 Å². The Labute approximate surface area is 168 Å². The summed E-state index contributed by atoms with van der Waals surface area (Å²) >= 11 is 0. The van der Waals surface area contributed by atoms with E-state index in [1.54, 1.807) is 19.2 Å². The van der Waals surface area contributed by atoms with Gasteiger partial charge in [-0.05, 0) is 35.9 Å². The lowest BCUT2D eigenvalue weighted by molar-refractivity contribution is -0.117. The zero-order valence-corrected chi connectivity index (χ0v) is 15.9. The lowest BCUT2D eigenvalue weighted by Gasteiger charge is -2.25. The Bertz CT molecular complexity index is 1020. The zero-order valence-electron chi connectivity index (χ0n) is 15.9. The molecule has 0 aliphatic rings. The van der Waals surface area contributed by atoms with Gasteiger partial charge in [-0.1, -0.05) is 53.6 Å². The fraction of sp³-hybridized carbons (Fsp3) is 0.136. The largest absolute Gasteiger partial charge is 0.496 e. The van der Waals surface area contributed by atoms with E-state index < -0.39 is 0 Å². The van der Waals surface area contributed by atoms with Crippen molar-refractivity contribution in [3.63, 3.8) is 0 Å².